The summed E-state index contributed by atoms with van der Waals surface area (Å²) in [7, 11) is 3.36. The van der Waals surface area contributed by atoms with E-state index in [-0.39, 0.29) is 24.2 Å². The van der Waals surface area contributed by atoms with Gasteiger partial charge in [0, 0.05) is 26.5 Å². The summed E-state index contributed by atoms with van der Waals surface area (Å²) in [5, 5.41) is 28.9. The van der Waals surface area contributed by atoms with Crippen molar-refractivity contribution in [1.82, 2.24) is 14.7 Å². The van der Waals surface area contributed by atoms with Gasteiger partial charge >= 0.3 is 5.90 Å². The molecule has 8 heteroatoms. The van der Waals surface area contributed by atoms with Crippen molar-refractivity contribution < 1.29 is 9.90 Å². The quantitative estimate of drug-likeness (QED) is 0.376. The fraction of sp³-hybridized carbons (Fsp3) is 0.375. The van der Waals surface area contributed by atoms with Gasteiger partial charge in [-0.1, -0.05) is 30.3 Å². The number of likely N-dealkylation sites (N-methyl/N-ethyl adjacent to an activating group) is 1. The van der Waals surface area contributed by atoms with Gasteiger partial charge in [-0.05, 0) is 49.3 Å². The first-order valence-electron chi connectivity index (χ1n) is 10.6. The third-order valence-corrected chi connectivity index (χ3v) is 6.10. The Morgan fingerprint density at radius 2 is 1.97 bits per heavy atom. The van der Waals surface area contributed by atoms with Crippen molar-refractivity contribution in [3.05, 3.63) is 59.4 Å². The highest BCUT2D eigenvalue weighted by molar-refractivity contribution is 6.08. The fourth-order valence-corrected chi connectivity index (χ4v) is 3.71. The van der Waals surface area contributed by atoms with E-state index in [9.17, 15) is 4.79 Å². The van der Waals surface area contributed by atoms with E-state index in [2.05, 4.69) is 10.1 Å². The minimum Gasteiger partial charge on any atom is -0.578 e. The molecule has 0 radical (unpaired) electrons. The normalized spacial score (nSPS) is 16.4. The van der Waals surface area contributed by atoms with Crippen LogP contribution in [0.1, 0.15) is 43.4 Å². The van der Waals surface area contributed by atoms with Crippen LogP contribution in [0.15, 0.2) is 47.7 Å². The number of hydrogen-bond donors (Lipinski definition) is 2. The molecule has 0 aliphatic heterocycles. The second-order valence-electron chi connectivity index (χ2n) is 8.47. The van der Waals surface area contributed by atoms with E-state index in [1.165, 1.54) is 22.0 Å². The molecule has 1 unspecified atom stereocenters. The van der Waals surface area contributed by atoms with Crippen LogP contribution in [0.5, 0.6) is 0 Å². The van der Waals surface area contributed by atoms with E-state index in [0.29, 0.717) is 11.5 Å². The molecule has 1 aromatic heterocycles. The molecule has 1 amide bonds. The molecule has 4 N–H and O–H groups in total. The van der Waals surface area contributed by atoms with Gasteiger partial charge in [0.2, 0.25) is 5.91 Å². The zero-order valence-corrected chi connectivity index (χ0v) is 19.0. The second-order valence-corrected chi connectivity index (χ2v) is 8.47. The average Bonchev–Trinajstić information content (AvgIpc) is 3.53. The van der Waals surface area contributed by atoms with Gasteiger partial charge in [0.15, 0.2) is 0 Å². The predicted octanol–water partition coefficient (Wildman–Crippen LogP) is 2.84. The van der Waals surface area contributed by atoms with Crippen molar-refractivity contribution in [2.24, 2.45) is 10.9 Å². The molecule has 8 nitrogen and oxygen atoms in total. The van der Waals surface area contributed by atoms with Crippen LogP contribution >= 0.6 is 0 Å². The molecular formula is C24H31N6O2+. The number of aromatic nitrogens is 2. The number of aliphatic imine (C=N–C) groups is 1. The predicted molar refractivity (Wildman–Crippen MR) is 128 cm³/mol. The maximum absolute atomic E-state index is 11.9. The number of hydrogen-bond acceptors (Lipinski definition) is 4. The number of nitrogens with one attached hydrogen (secondary N) is 2. The molecule has 1 fully saturated rings. The summed E-state index contributed by atoms with van der Waals surface area (Å²) in [6, 6.07) is 7.94. The lowest BCUT2D eigenvalue weighted by Gasteiger charge is -2.29. The molecule has 1 heterocycles. The number of carbonyl (C=O) groups is 1. The summed E-state index contributed by atoms with van der Waals surface area (Å²) < 4.78 is 1.48. The minimum absolute atomic E-state index is 0.0398. The zero-order chi connectivity index (χ0) is 23.5. The monoisotopic (exact) mass is 435 g/mol. The van der Waals surface area contributed by atoms with Crippen LogP contribution in [0.3, 0.4) is 0 Å². The Labute approximate surface area is 188 Å². The van der Waals surface area contributed by atoms with E-state index in [4.69, 9.17) is 15.9 Å². The van der Waals surface area contributed by atoms with Crippen molar-refractivity contribution in [3.8, 4) is 0 Å². The van der Waals surface area contributed by atoms with Crippen LogP contribution in [0, 0.1) is 16.7 Å². The molecular weight excluding hydrogens is 404 g/mol. The van der Waals surface area contributed by atoms with Crippen LogP contribution in [-0.4, -0.2) is 57.7 Å². The SMILES string of the molecule is C/C=C(\C=N)c1ccc(C(C)(C(=N)N=C([OH2+])c2cnn(CC(=O)N(C)C)c2)C2CC2)cc1. The summed E-state index contributed by atoms with van der Waals surface area (Å²) in [6.07, 6.45) is 8.39. The van der Waals surface area contributed by atoms with E-state index < -0.39 is 5.41 Å². The highest BCUT2D eigenvalue weighted by Gasteiger charge is 2.46. The smallest absolute Gasteiger partial charge is 0.369 e. The standard InChI is InChI=1S/C24H30N6O2/c1-5-16(12-25)17-6-8-19(9-7-17)24(2,20-10-11-20)23(26)28-22(32)18-13-27-30(14-18)15-21(31)29(3)4/h5-9,12-14,20,25H,10-11,15H2,1-4H3,(H2,26,28,32)/p+1/b16-5+,25-12?. The highest BCUT2D eigenvalue weighted by atomic mass is 16.3. The molecule has 0 saturated heterocycles. The highest BCUT2D eigenvalue weighted by Crippen LogP contribution is 2.48. The molecule has 2 aromatic rings. The van der Waals surface area contributed by atoms with Crippen molar-refractivity contribution in [3.63, 3.8) is 0 Å². The van der Waals surface area contributed by atoms with Gasteiger partial charge in [0.05, 0.1) is 11.6 Å². The van der Waals surface area contributed by atoms with Gasteiger partial charge in [-0.2, -0.15) is 5.10 Å². The van der Waals surface area contributed by atoms with Gasteiger partial charge in [-0.25, -0.2) is 0 Å². The Morgan fingerprint density at radius 3 is 2.50 bits per heavy atom. The summed E-state index contributed by atoms with van der Waals surface area (Å²) in [5.41, 5.74) is 2.66. The van der Waals surface area contributed by atoms with E-state index in [0.717, 1.165) is 29.5 Å². The summed E-state index contributed by atoms with van der Waals surface area (Å²) in [4.78, 5) is 17.7. The molecule has 3 rings (SSSR count). The van der Waals surface area contributed by atoms with Gasteiger partial charge in [-0.3, -0.25) is 14.9 Å². The van der Waals surface area contributed by atoms with Crippen molar-refractivity contribution in [2.45, 2.75) is 38.6 Å². The molecule has 1 aliphatic rings. The second kappa shape index (κ2) is 9.30. The molecule has 1 aliphatic carbocycles. The van der Waals surface area contributed by atoms with E-state index >= 15 is 0 Å². The molecule has 0 spiro atoms. The Bertz CT molecular complexity index is 1080. The average molecular weight is 436 g/mol. The third-order valence-electron chi connectivity index (χ3n) is 6.10. The maximum atomic E-state index is 11.9. The number of nitrogens with zero attached hydrogens (tertiary/aromatic N) is 4. The molecule has 32 heavy (non-hydrogen) atoms. The first kappa shape index (κ1) is 23.1. The summed E-state index contributed by atoms with van der Waals surface area (Å²) in [6.45, 7) is 4.01. The van der Waals surface area contributed by atoms with E-state index in [1.54, 1.807) is 20.3 Å². The topological polar surface area (TPSA) is 121 Å². The van der Waals surface area contributed by atoms with Gasteiger partial charge in [0.1, 0.15) is 17.9 Å². The van der Waals surface area contributed by atoms with Crippen molar-refractivity contribution in [2.75, 3.05) is 14.1 Å². The molecule has 168 valence electrons. The Kier molecular flexibility index (Phi) is 6.72. The first-order valence-corrected chi connectivity index (χ1v) is 10.6. The molecule has 1 aromatic carbocycles. The van der Waals surface area contributed by atoms with Crippen LogP contribution in [0.4, 0.5) is 0 Å². The van der Waals surface area contributed by atoms with E-state index in [1.807, 2.05) is 44.2 Å². The first-order chi connectivity index (χ1) is 15.2. The molecule has 1 saturated carbocycles. The number of rotatable bonds is 8. The number of amidine groups is 1. The lowest BCUT2D eigenvalue weighted by molar-refractivity contribution is -0.129. The Balaban J connectivity index is 1.85. The molecule has 1 atom stereocenters. The summed E-state index contributed by atoms with van der Waals surface area (Å²) >= 11 is 0. The number of amides is 1. The molecule has 0 bridgehead atoms. The van der Waals surface area contributed by atoms with Crippen LogP contribution in [-0.2, 0) is 16.8 Å². The van der Waals surface area contributed by atoms with Gasteiger partial charge in [-0.15, -0.1) is 4.99 Å². The number of carbonyl (C=O) groups excluding carboxylic acids is 1. The zero-order valence-electron chi connectivity index (χ0n) is 19.0. The van der Waals surface area contributed by atoms with Crippen LogP contribution in [0.25, 0.3) is 5.57 Å². The lowest BCUT2D eigenvalue weighted by atomic mass is 9.76. The van der Waals surface area contributed by atoms with Crippen LogP contribution < -0.4 is 0 Å². The third kappa shape index (κ3) is 4.69. The van der Waals surface area contributed by atoms with Crippen molar-refractivity contribution >= 4 is 29.4 Å². The number of allylic oxidation sites excluding steroid dienone is 2. The van der Waals surface area contributed by atoms with Gasteiger partial charge in [0.25, 0.3) is 0 Å². The Morgan fingerprint density at radius 1 is 1.31 bits per heavy atom. The minimum atomic E-state index is -0.595. The van der Waals surface area contributed by atoms with Gasteiger partial charge < -0.3 is 15.4 Å². The fourth-order valence-electron chi connectivity index (χ4n) is 3.71. The maximum Gasteiger partial charge on any atom is 0.369 e. The largest absolute Gasteiger partial charge is 0.578 e. The van der Waals surface area contributed by atoms with Crippen molar-refractivity contribution in [1.29, 1.82) is 10.8 Å². The lowest BCUT2D eigenvalue weighted by Crippen LogP contribution is -2.34. The van der Waals surface area contributed by atoms with Crippen LogP contribution in [0.2, 0.25) is 0 Å². The Hall–Kier alpha value is -3.55. The number of benzene rings is 1. The summed E-state index contributed by atoms with van der Waals surface area (Å²) in [5.74, 6) is 0.321.